The molecule has 0 bridgehead atoms. The van der Waals surface area contributed by atoms with Crippen LogP contribution in [0.3, 0.4) is 0 Å². The van der Waals surface area contributed by atoms with Crippen molar-refractivity contribution in [3.63, 3.8) is 0 Å². The molecule has 2 N–H and O–H groups in total. The summed E-state index contributed by atoms with van der Waals surface area (Å²) in [4.78, 5) is 22.1. The van der Waals surface area contributed by atoms with Gasteiger partial charge in [0.15, 0.2) is 0 Å². The second-order valence-electron chi connectivity index (χ2n) is 16.4. The van der Waals surface area contributed by atoms with Crippen molar-refractivity contribution in [1.29, 1.82) is 0 Å². The lowest BCUT2D eigenvalue weighted by atomic mass is 9.55. The molecule has 2 fully saturated rings. The minimum absolute atomic E-state index is 0.00682. The van der Waals surface area contributed by atoms with E-state index in [0.29, 0.717) is 30.8 Å². The van der Waals surface area contributed by atoms with Crippen molar-refractivity contribution in [1.82, 2.24) is 4.90 Å². The van der Waals surface area contributed by atoms with E-state index >= 15 is 0 Å². The van der Waals surface area contributed by atoms with Crippen LogP contribution in [-0.4, -0.2) is 65.5 Å². The number of halogens is 1. The fourth-order valence-corrected chi connectivity index (χ4v) is 9.88. The van der Waals surface area contributed by atoms with Crippen molar-refractivity contribution in [2.45, 2.75) is 82.1 Å². The zero-order valence-corrected chi connectivity index (χ0v) is 33.8. The molecule has 1 heterocycles. The van der Waals surface area contributed by atoms with Gasteiger partial charge < -0.3 is 34.2 Å². The number of aliphatic hydroxyl groups excluding tert-OH is 2. The van der Waals surface area contributed by atoms with Crippen LogP contribution in [0, 0.1) is 29.5 Å². The van der Waals surface area contributed by atoms with E-state index in [2.05, 4.69) is 36.9 Å². The average Bonchev–Trinajstić information content (AvgIpc) is 4.11. The highest BCUT2D eigenvalue weighted by Crippen LogP contribution is 2.62. The number of unbranched alkanes of at least 4 members (excludes halogenated alkanes) is 2. The third-order valence-electron chi connectivity index (χ3n) is 12.7. The van der Waals surface area contributed by atoms with E-state index in [9.17, 15) is 19.4 Å². The van der Waals surface area contributed by atoms with Crippen LogP contribution < -0.4 is 9.47 Å². The summed E-state index contributed by atoms with van der Waals surface area (Å²) in [6.45, 7) is 4.65. The largest absolute Gasteiger partial charge is 0.459 e. The molecule has 1 aliphatic heterocycles. The summed E-state index contributed by atoms with van der Waals surface area (Å²) in [5.74, 6) is -0.233. The monoisotopic (exact) mass is 802 g/mol. The zero-order chi connectivity index (χ0) is 40.9. The zero-order valence-electron chi connectivity index (χ0n) is 33.8. The molecule has 4 aromatic rings. The first-order chi connectivity index (χ1) is 28.9. The third-order valence-corrected chi connectivity index (χ3v) is 12.7. The van der Waals surface area contributed by atoms with Gasteiger partial charge in [-0.2, -0.15) is 0 Å². The molecule has 3 aliphatic carbocycles. The van der Waals surface area contributed by atoms with Gasteiger partial charge in [0.05, 0.1) is 18.2 Å². The Morgan fingerprint density at radius 3 is 2.41 bits per heavy atom. The molecule has 6 unspecified atom stereocenters. The molecule has 310 valence electrons. The maximum absolute atomic E-state index is 14.6. The summed E-state index contributed by atoms with van der Waals surface area (Å²) >= 11 is 0. The summed E-state index contributed by atoms with van der Waals surface area (Å²) in [5.41, 5.74) is 3.48. The van der Waals surface area contributed by atoms with Crippen molar-refractivity contribution in [2.75, 3.05) is 26.9 Å². The van der Waals surface area contributed by atoms with Crippen molar-refractivity contribution >= 4 is 22.4 Å². The molecule has 59 heavy (non-hydrogen) atoms. The summed E-state index contributed by atoms with van der Waals surface area (Å²) in [6, 6.07) is 25.9. The molecule has 9 nitrogen and oxygen atoms in total. The normalized spacial score (nSPS) is 25.1. The van der Waals surface area contributed by atoms with Gasteiger partial charge in [0.1, 0.15) is 36.2 Å². The average molecular weight is 803 g/mol. The molecule has 0 saturated heterocycles. The quantitative estimate of drug-likeness (QED) is 0.0586. The number of carbonyl (C=O) groups is 1. The van der Waals surface area contributed by atoms with E-state index in [-0.39, 0.29) is 61.8 Å². The van der Waals surface area contributed by atoms with Crippen LogP contribution in [0.15, 0.2) is 114 Å². The standard InChI is InChI=1S/C49H55FN2O7/c1-3-26-57-49-45(52(48(55)34-16-17-34)31-32-14-19-37(50)20-15-32)30-43(51-56-2)41-28-36(12-6-8-24-53)40(13-7-9-25-54)46(47(41)49)42-29-39(22-23-44(42)59-49)58-38-21-18-33-10-4-5-11-35(33)27-38/h3-5,10-11,14-15,18-23,27-29,34,36,40,45-47,53-54H,1,6-9,12-13,16-17,24-26,30-31H2,2H3. The second-order valence-corrected chi connectivity index (χ2v) is 16.4. The van der Waals surface area contributed by atoms with Crippen LogP contribution in [0.5, 0.6) is 17.2 Å². The molecule has 0 aromatic heterocycles. The number of carbonyl (C=O) groups excluding carboxylic acids is 1. The van der Waals surface area contributed by atoms with Crippen LogP contribution in [0.2, 0.25) is 0 Å². The van der Waals surface area contributed by atoms with Crippen molar-refractivity contribution in [3.8, 4) is 17.2 Å². The minimum atomic E-state index is -1.37. The number of aliphatic hydroxyl groups is 2. The molecule has 0 radical (unpaired) electrons. The van der Waals surface area contributed by atoms with Crippen molar-refractivity contribution in [2.24, 2.45) is 28.8 Å². The Balaban J connectivity index is 1.31. The van der Waals surface area contributed by atoms with Gasteiger partial charge in [0.2, 0.25) is 11.7 Å². The first-order valence-corrected chi connectivity index (χ1v) is 21.2. The second kappa shape index (κ2) is 18.1. The van der Waals surface area contributed by atoms with E-state index in [1.807, 2.05) is 41.3 Å². The maximum Gasteiger partial charge on any atom is 0.239 e. The number of allylic oxidation sites excluding steroid dienone is 1. The SMILES string of the molecule is C=CCOC12Oc3ccc(Oc4ccc5ccccc5c4)cc3C3C(CCCCO)C(CCCCO)C=C(C(=NOC)CC1N(Cc1ccc(F)cc1)C(=O)C1CC1)C32. The highest BCUT2D eigenvalue weighted by atomic mass is 19.1. The molecular formula is C49H55FN2O7. The summed E-state index contributed by atoms with van der Waals surface area (Å²) in [7, 11) is 1.55. The Kier molecular flexibility index (Phi) is 12.5. The molecule has 4 aliphatic rings. The minimum Gasteiger partial charge on any atom is -0.459 e. The van der Waals surface area contributed by atoms with Crippen LogP contribution >= 0.6 is 0 Å². The molecular weight excluding hydrogens is 748 g/mol. The van der Waals surface area contributed by atoms with Gasteiger partial charge in [0, 0.05) is 43.6 Å². The highest BCUT2D eigenvalue weighted by molar-refractivity contribution is 6.03. The summed E-state index contributed by atoms with van der Waals surface area (Å²) in [6.07, 6.45) is 10.6. The predicted octanol–water partition coefficient (Wildman–Crippen LogP) is 9.47. The first kappa shape index (κ1) is 40.7. The number of amides is 1. The van der Waals surface area contributed by atoms with E-state index in [1.165, 1.54) is 12.1 Å². The van der Waals surface area contributed by atoms with Crippen LogP contribution in [0.4, 0.5) is 4.39 Å². The molecule has 0 spiro atoms. The van der Waals surface area contributed by atoms with Crippen molar-refractivity contribution < 1.29 is 38.4 Å². The van der Waals surface area contributed by atoms with Crippen LogP contribution in [0.1, 0.15) is 74.8 Å². The van der Waals surface area contributed by atoms with Crippen molar-refractivity contribution in [3.05, 3.63) is 126 Å². The van der Waals surface area contributed by atoms with E-state index < -0.39 is 17.7 Å². The van der Waals surface area contributed by atoms with E-state index in [4.69, 9.17) is 24.2 Å². The lowest BCUT2D eigenvalue weighted by molar-refractivity contribution is -0.258. The van der Waals surface area contributed by atoms with E-state index in [1.54, 1.807) is 25.3 Å². The Morgan fingerprint density at radius 2 is 1.68 bits per heavy atom. The number of rotatable bonds is 18. The lowest BCUT2D eigenvalue weighted by Crippen LogP contribution is -2.70. The summed E-state index contributed by atoms with van der Waals surface area (Å²) in [5, 5.41) is 26.7. The number of hydrogen-bond acceptors (Lipinski definition) is 8. The molecule has 10 heteroatoms. The molecule has 2 saturated carbocycles. The topological polar surface area (TPSA) is 110 Å². The van der Waals surface area contributed by atoms with Gasteiger partial charge in [-0.1, -0.05) is 72.6 Å². The fourth-order valence-electron chi connectivity index (χ4n) is 9.88. The first-order valence-electron chi connectivity index (χ1n) is 21.2. The third kappa shape index (κ3) is 8.40. The number of benzene rings is 4. The van der Waals surface area contributed by atoms with Crippen LogP contribution in [0.25, 0.3) is 10.8 Å². The summed E-state index contributed by atoms with van der Waals surface area (Å²) < 4.78 is 35.3. The fraction of sp³-hybridized carbons (Fsp3) is 0.429. The maximum atomic E-state index is 14.6. The van der Waals surface area contributed by atoms with E-state index in [0.717, 1.165) is 77.5 Å². The van der Waals surface area contributed by atoms with Gasteiger partial charge in [-0.05, 0) is 115 Å². The molecule has 4 aromatic carbocycles. The predicted molar refractivity (Wildman–Crippen MR) is 226 cm³/mol. The molecule has 6 atom stereocenters. The Labute approximate surface area is 346 Å². The molecule has 8 rings (SSSR count). The van der Waals surface area contributed by atoms with Gasteiger partial charge >= 0.3 is 0 Å². The highest BCUT2D eigenvalue weighted by Gasteiger charge is 2.66. The number of ether oxygens (including phenoxy) is 3. The van der Waals surface area contributed by atoms with Gasteiger partial charge in [-0.15, -0.1) is 6.58 Å². The van der Waals surface area contributed by atoms with Crippen LogP contribution in [-0.2, 0) is 20.9 Å². The number of hydrogen-bond donors (Lipinski definition) is 2. The van der Waals surface area contributed by atoms with Gasteiger partial charge in [-0.25, -0.2) is 4.39 Å². The van der Waals surface area contributed by atoms with Gasteiger partial charge in [0.25, 0.3) is 0 Å². The number of oxime groups is 1. The Hall–Kier alpha value is -5.03. The number of fused-ring (bicyclic) bond motifs is 3. The Morgan fingerprint density at radius 1 is 0.949 bits per heavy atom. The lowest BCUT2D eigenvalue weighted by Gasteiger charge is -2.60. The smallest absolute Gasteiger partial charge is 0.239 e. The Bertz CT molecular complexity index is 2180. The number of nitrogens with zero attached hydrogens (tertiary/aromatic N) is 2. The van der Waals surface area contributed by atoms with Gasteiger partial charge in [-0.3, -0.25) is 4.79 Å². The molecule has 1 amide bonds.